The van der Waals surface area contributed by atoms with Gasteiger partial charge in [-0.05, 0) is 42.9 Å². The molecule has 0 radical (unpaired) electrons. The fraction of sp³-hybridized carbons (Fsp3) is 0.400. The van der Waals surface area contributed by atoms with Crippen molar-refractivity contribution in [1.29, 1.82) is 0 Å². The Kier molecular flexibility index (Phi) is 3.43. The summed E-state index contributed by atoms with van der Waals surface area (Å²) < 4.78 is 1.96. The quantitative estimate of drug-likeness (QED) is 0.914. The molecule has 3 rings (SSSR count). The van der Waals surface area contributed by atoms with E-state index >= 15 is 0 Å². The fourth-order valence-electron chi connectivity index (χ4n) is 3.21. The van der Waals surface area contributed by atoms with Gasteiger partial charge in [-0.15, -0.1) is 0 Å². The normalized spacial score (nSPS) is 17.5. The first-order chi connectivity index (χ1) is 9.52. The summed E-state index contributed by atoms with van der Waals surface area (Å²) in [6, 6.07) is 3.24. The molecule has 1 heterocycles. The molecule has 1 aliphatic rings. The van der Waals surface area contributed by atoms with Crippen molar-refractivity contribution in [3.8, 4) is 5.75 Å². The highest BCUT2D eigenvalue weighted by Crippen LogP contribution is 2.44. The van der Waals surface area contributed by atoms with Crippen LogP contribution in [0.3, 0.4) is 0 Å². The molecule has 1 N–H and O–H groups in total. The number of hydrogen-bond acceptors (Lipinski definition) is 2. The van der Waals surface area contributed by atoms with Crippen molar-refractivity contribution in [2.75, 3.05) is 0 Å². The van der Waals surface area contributed by atoms with E-state index in [1.165, 1.54) is 11.3 Å². The number of aromatic hydroxyl groups is 1. The minimum atomic E-state index is 0.158. The Balaban J connectivity index is 2.01. The zero-order valence-corrected chi connectivity index (χ0v) is 13.0. The topological polar surface area (TPSA) is 38.0 Å². The molecular weight excluding hydrogens is 295 g/mol. The van der Waals surface area contributed by atoms with Crippen LogP contribution in [-0.2, 0) is 26.3 Å². The van der Waals surface area contributed by atoms with E-state index in [9.17, 15) is 5.11 Å². The maximum atomic E-state index is 10.1. The molecule has 1 aromatic carbocycles. The first kappa shape index (κ1) is 13.8. The molecule has 20 heavy (non-hydrogen) atoms. The summed E-state index contributed by atoms with van der Waals surface area (Å²) in [6.07, 6.45) is 2.62. The van der Waals surface area contributed by atoms with Crippen LogP contribution in [0.15, 0.2) is 12.1 Å². The molecule has 1 aliphatic carbocycles. The molecule has 0 aliphatic heterocycles. The Bertz CT molecular complexity index is 679. The highest BCUT2D eigenvalue weighted by molar-refractivity contribution is 6.42. The molecule has 2 aromatic rings. The lowest BCUT2D eigenvalue weighted by Crippen LogP contribution is -2.05. The van der Waals surface area contributed by atoms with Crippen molar-refractivity contribution in [1.82, 2.24) is 9.78 Å². The van der Waals surface area contributed by atoms with Crippen molar-refractivity contribution in [3.05, 3.63) is 44.7 Å². The van der Waals surface area contributed by atoms with Gasteiger partial charge in [0.2, 0.25) is 0 Å². The summed E-state index contributed by atoms with van der Waals surface area (Å²) in [7, 11) is 1.98. The van der Waals surface area contributed by atoms with Crippen molar-refractivity contribution < 1.29 is 5.11 Å². The first-order valence-electron chi connectivity index (χ1n) is 6.73. The monoisotopic (exact) mass is 310 g/mol. The van der Waals surface area contributed by atoms with Crippen molar-refractivity contribution in [2.45, 2.75) is 32.1 Å². The van der Waals surface area contributed by atoms with Crippen LogP contribution >= 0.6 is 23.2 Å². The molecule has 0 spiro atoms. The minimum Gasteiger partial charge on any atom is -0.508 e. The van der Waals surface area contributed by atoms with Gasteiger partial charge in [-0.1, -0.05) is 30.1 Å². The number of phenolic OH excluding ortho intramolecular Hbond substituents is 1. The number of aryl methyl sites for hydroxylation is 1. The van der Waals surface area contributed by atoms with Crippen molar-refractivity contribution in [2.24, 2.45) is 7.05 Å². The van der Waals surface area contributed by atoms with Crippen LogP contribution in [0.5, 0.6) is 5.75 Å². The lowest BCUT2D eigenvalue weighted by atomic mass is 9.95. The first-order valence-corrected chi connectivity index (χ1v) is 7.49. The molecule has 0 amide bonds. The average molecular weight is 311 g/mol. The van der Waals surface area contributed by atoms with Gasteiger partial charge in [-0.3, -0.25) is 4.68 Å². The van der Waals surface area contributed by atoms with Gasteiger partial charge in [-0.2, -0.15) is 5.10 Å². The zero-order chi connectivity index (χ0) is 14.4. The largest absolute Gasteiger partial charge is 0.508 e. The minimum absolute atomic E-state index is 0.158. The van der Waals surface area contributed by atoms with Crippen LogP contribution in [0.2, 0.25) is 10.0 Å². The third kappa shape index (κ3) is 2.00. The highest BCUT2D eigenvalue weighted by Gasteiger charge is 2.31. The summed E-state index contributed by atoms with van der Waals surface area (Å²) in [4.78, 5) is 0. The fourth-order valence-corrected chi connectivity index (χ4v) is 3.68. The molecule has 1 unspecified atom stereocenters. The van der Waals surface area contributed by atoms with E-state index in [1.54, 1.807) is 12.1 Å². The van der Waals surface area contributed by atoms with Gasteiger partial charge in [-0.25, -0.2) is 0 Å². The SMILES string of the molecule is CCc1c2c(nn1C)CC(c1c(O)ccc(Cl)c1Cl)C2. The van der Waals surface area contributed by atoms with Gasteiger partial charge in [0.25, 0.3) is 0 Å². The van der Waals surface area contributed by atoms with Gasteiger partial charge in [0.05, 0.1) is 15.7 Å². The van der Waals surface area contributed by atoms with Gasteiger partial charge < -0.3 is 5.11 Å². The van der Waals surface area contributed by atoms with Crippen LogP contribution in [-0.4, -0.2) is 14.9 Å². The van der Waals surface area contributed by atoms with Gasteiger partial charge in [0, 0.05) is 18.3 Å². The van der Waals surface area contributed by atoms with Gasteiger partial charge in [0.15, 0.2) is 0 Å². The molecule has 1 atom stereocenters. The molecule has 0 bridgehead atoms. The number of aromatic nitrogens is 2. The van der Waals surface area contributed by atoms with E-state index in [0.29, 0.717) is 10.0 Å². The lowest BCUT2D eigenvalue weighted by molar-refractivity contribution is 0.461. The summed E-state index contributed by atoms with van der Waals surface area (Å²) in [5.74, 6) is 0.377. The zero-order valence-electron chi connectivity index (χ0n) is 11.5. The molecule has 106 valence electrons. The van der Waals surface area contributed by atoms with E-state index in [-0.39, 0.29) is 11.7 Å². The molecule has 5 heteroatoms. The van der Waals surface area contributed by atoms with E-state index in [0.717, 1.165) is 30.5 Å². The molecule has 3 nitrogen and oxygen atoms in total. The van der Waals surface area contributed by atoms with Crippen LogP contribution < -0.4 is 0 Å². The smallest absolute Gasteiger partial charge is 0.120 e. The van der Waals surface area contributed by atoms with Crippen molar-refractivity contribution in [3.63, 3.8) is 0 Å². The van der Waals surface area contributed by atoms with Gasteiger partial charge >= 0.3 is 0 Å². The number of halogens is 2. The number of rotatable bonds is 2. The maximum Gasteiger partial charge on any atom is 0.120 e. The molecular formula is C15H16Cl2N2O. The lowest BCUT2D eigenvalue weighted by Gasteiger charge is -2.15. The van der Waals surface area contributed by atoms with E-state index in [4.69, 9.17) is 23.2 Å². The Morgan fingerprint density at radius 2 is 2.10 bits per heavy atom. The molecule has 0 saturated heterocycles. The second-order valence-electron chi connectivity index (χ2n) is 5.25. The summed E-state index contributed by atoms with van der Waals surface area (Å²) in [5, 5.41) is 15.6. The highest BCUT2D eigenvalue weighted by atomic mass is 35.5. The van der Waals surface area contributed by atoms with Crippen LogP contribution in [0.25, 0.3) is 0 Å². The standard InChI is InChI=1S/C15H16Cl2N2O/c1-3-12-9-6-8(7-11(9)18-19(12)2)14-13(20)5-4-10(16)15(14)17/h4-5,8,20H,3,6-7H2,1-2H3. The average Bonchev–Trinajstić information content (AvgIpc) is 2.91. The molecule has 1 aromatic heterocycles. The van der Waals surface area contributed by atoms with E-state index in [1.807, 2.05) is 11.7 Å². The predicted molar refractivity (Wildman–Crippen MR) is 80.9 cm³/mol. The second kappa shape index (κ2) is 4.97. The van der Waals surface area contributed by atoms with Gasteiger partial charge in [0.1, 0.15) is 5.75 Å². The Hall–Kier alpha value is -1.19. The summed E-state index contributed by atoms with van der Waals surface area (Å²) in [6.45, 7) is 2.13. The predicted octanol–water partition coefficient (Wildman–Crippen LogP) is 3.88. The number of phenols is 1. The molecule has 0 saturated carbocycles. The van der Waals surface area contributed by atoms with Crippen molar-refractivity contribution >= 4 is 23.2 Å². The summed E-state index contributed by atoms with van der Waals surface area (Å²) in [5.41, 5.74) is 4.43. The number of hydrogen-bond donors (Lipinski definition) is 1. The van der Waals surface area contributed by atoms with Crippen LogP contribution in [0.4, 0.5) is 0 Å². The number of benzene rings is 1. The van der Waals surface area contributed by atoms with E-state index < -0.39 is 0 Å². The van der Waals surface area contributed by atoms with Crippen LogP contribution in [0, 0.1) is 0 Å². The second-order valence-corrected chi connectivity index (χ2v) is 6.03. The summed E-state index contributed by atoms with van der Waals surface area (Å²) >= 11 is 12.3. The Labute approximate surface area is 128 Å². The third-order valence-electron chi connectivity index (χ3n) is 4.10. The number of nitrogens with zero attached hydrogens (tertiary/aromatic N) is 2. The molecule has 0 fully saturated rings. The number of fused-ring (bicyclic) bond motifs is 1. The third-order valence-corrected chi connectivity index (χ3v) is 4.92. The Morgan fingerprint density at radius 1 is 1.35 bits per heavy atom. The van der Waals surface area contributed by atoms with E-state index in [2.05, 4.69) is 12.0 Å². The van der Waals surface area contributed by atoms with Crippen LogP contribution in [0.1, 0.15) is 35.4 Å². The maximum absolute atomic E-state index is 10.1. The Morgan fingerprint density at radius 3 is 2.80 bits per heavy atom.